The predicted octanol–water partition coefficient (Wildman–Crippen LogP) is 2.54. The Morgan fingerprint density at radius 2 is 1.93 bits per heavy atom. The van der Waals surface area contributed by atoms with E-state index in [1.807, 2.05) is 0 Å². The van der Waals surface area contributed by atoms with Crippen molar-refractivity contribution in [1.82, 2.24) is 10.3 Å². The van der Waals surface area contributed by atoms with Crippen molar-refractivity contribution in [2.24, 2.45) is 0 Å². The number of hydrogen-bond donors (Lipinski definition) is 2. The van der Waals surface area contributed by atoms with E-state index in [9.17, 15) is 22.8 Å². The Balaban J connectivity index is 1.53. The Bertz CT molecular complexity index is 851. The first-order valence-electron chi connectivity index (χ1n) is 8.14. The van der Waals surface area contributed by atoms with Crippen LogP contribution in [0.1, 0.15) is 27.2 Å². The van der Waals surface area contributed by atoms with Crippen molar-refractivity contribution in [3.05, 3.63) is 58.9 Å². The van der Waals surface area contributed by atoms with Crippen molar-refractivity contribution in [3.8, 4) is 0 Å². The van der Waals surface area contributed by atoms with E-state index < -0.39 is 23.6 Å². The average Bonchev–Trinajstić information content (AvgIpc) is 2.65. The summed E-state index contributed by atoms with van der Waals surface area (Å²) in [6, 6.07) is 5.51. The minimum Gasteiger partial charge on any atom is -0.376 e. The Labute approximate surface area is 152 Å². The molecule has 0 spiro atoms. The maximum atomic E-state index is 12.5. The number of amides is 2. The molecule has 2 amide bonds. The zero-order valence-corrected chi connectivity index (χ0v) is 14.1. The van der Waals surface area contributed by atoms with Crippen molar-refractivity contribution in [2.75, 3.05) is 18.5 Å². The lowest BCUT2D eigenvalue weighted by Crippen LogP contribution is -2.33. The maximum absolute atomic E-state index is 12.5. The summed E-state index contributed by atoms with van der Waals surface area (Å²) in [5.41, 5.74) is 1.49. The Morgan fingerprint density at radius 1 is 1.19 bits per heavy atom. The number of aromatic nitrogens is 1. The second kappa shape index (κ2) is 7.75. The van der Waals surface area contributed by atoms with E-state index >= 15 is 0 Å². The van der Waals surface area contributed by atoms with Gasteiger partial charge in [0.25, 0.3) is 5.91 Å². The summed E-state index contributed by atoms with van der Waals surface area (Å²) in [6.45, 7) is 0.714. The third kappa shape index (κ3) is 4.82. The van der Waals surface area contributed by atoms with Crippen LogP contribution in [0.2, 0.25) is 0 Å². The van der Waals surface area contributed by atoms with E-state index in [1.165, 1.54) is 6.20 Å². The monoisotopic (exact) mass is 379 g/mol. The van der Waals surface area contributed by atoms with Gasteiger partial charge in [0.05, 0.1) is 37.2 Å². The highest BCUT2D eigenvalue weighted by molar-refractivity contribution is 5.99. The molecule has 0 saturated carbocycles. The van der Waals surface area contributed by atoms with Gasteiger partial charge in [0.15, 0.2) is 0 Å². The number of benzene rings is 1. The van der Waals surface area contributed by atoms with Crippen LogP contribution >= 0.6 is 0 Å². The van der Waals surface area contributed by atoms with Crippen LogP contribution in [0, 0.1) is 0 Å². The topological polar surface area (TPSA) is 80.3 Å². The summed E-state index contributed by atoms with van der Waals surface area (Å²) in [5.74, 6) is -1.12. The molecule has 0 saturated heterocycles. The first-order chi connectivity index (χ1) is 12.8. The van der Waals surface area contributed by atoms with E-state index in [-0.39, 0.29) is 12.1 Å². The van der Waals surface area contributed by atoms with E-state index in [2.05, 4.69) is 15.6 Å². The van der Waals surface area contributed by atoms with Gasteiger partial charge in [-0.3, -0.25) is 14.6 Å². The van der Waals surface area contributed by atoms with E-state index in [0.29, 0.717) is 25.3 Å². The van der Waals surface area contributed by atoms with Crippen molar-refractivity contribution in [1.29, 1.82) is 0 Å². The van der Waals surface area contributed by atoms with Crippen molar-refractivity contribution < 1.29 is 27.5 Å². The first-order valence-corrected chi connectivity index (χ1v) is 8.14. The molecule has 1 aromatic carbocycles. The largest absolute Gasteiger partial charge is 0.416 e. The summed E-state index contributed by atoms with van der Waals surface area (Å²) in [7, 11) is 0. The molecule has 142 valence electrons. The van der Waals surface area contributed by atoms with Crippen LogP contribution in [-0.4, -0.2) is 29.9 Å². The second-order valence-corrected chi connectivity index (χ2v) is 5.94. The van der Waals surface area contributed by atoms with Gasteiger partial charge in [0, 0.05) is 23.2 Å². The van der Waals surface area contributed by atoms with Crippen LogP contribution in [-0.2, 0) is 28.7 Å². The van der Waals surface area contributed by atoms with Gasteiger partial charge in [-0.2, -0.15) is 13.2 Å². The lowest BCUT2D eigenvalue weighted by molar-refractivity contribution is -0.137. The Kier molecular flexibility index (Phi) is 5.41. The zero-order chi connectivity index (χ0) is 19.4. The average molecular weight is 379 g/mol. The number of anilines is 1. The minimum atomic E-state index is -4.47. The van der Waals surface area contributed by atoms with Crippen LogP contribution in [0.3, 0.4) is 0 Å². The lowest BCUT2D eigenvalue weighted by atomic mass is 10.1. The predicted molar refractivity (Wildman–Crippen MR) is 90.0 cm³/mol. The lowest BCUT2D eigenvalue weighted by Gasteiger charge is -2.16. The van der Waals surface area contributed by atoms with Gasteiger partial charge in [-0.15, -0.1) is 0 Å². The highest BCUT2D eigenvalue weighted by atomic mass is 19.4. The molecule has 2 heterocycles. The Hall–Kier alpha value is -2.94. The Morgan fingerprint density at radius 3 is 2.63 bits per heavy atom. The number of alkyl halides is 3. The highest BCUT2D eigenvalue weighted by Crippen LogP contribution is 2.29. The number of halogens is 3. The van der Waals surface area contributed by atoms with Gasteiger partial charge < -0.3 is 15.4 Å². The number of carbonyl (C=O) groups excluding carboxylic acids is 2. The SMILES string of the molecule is O=C(CNC(=O)c1ccc(C(F)(F)F)cc1)Nc1cnc2c(c1)COCC2. The number of hydrogen-bond acceptors (Lipinski definition) is 4. The number of rotatable bonds is 4. The third-order valence-electron chi connectivity index (χ3n) is 3.97. The molecule has 1 aliphatic heterocycles. The quantitative estimate of drug-likeness (QED) is 0.856. The molecular formula is C18H16F3N3O3. The second-order valence-electron chi connectivity index (χ2n) is 5.94. The molecule has 0 unspecified atom stereocenters. The molecule has 6 nitrogen and oxygen atoms in total. The van der Waals surface area contributed by atoms with Crippen molar-refractivity contribution in [3.63, 3.8) is 0 Å². The number of nitrogens with one attached hydrogen (secondary N) is 2. The molecule has 0 radical (unpaired) electrons. The first kappa shape index (κ1) is 18.8. The third-order valence-corrected chi connectivity index (χ3v) is 3.97. The normalized spacial score (nSPS) is 13.6. The summed E-state index contributed by atoms with van der Waals surface area (Å²) in [6.07, 6.45) is -2.23. The molecule has 0 aliphatic carbocycles. The van der Waals surface area contributed by atoms with Gasteiger partial charge in [0.2, 0.25) is 5.91 Å². The van der Waals surface area contributed by atoms with E-state index in [0.717, 1.165) is 35.5 Å². The molecular weight excluding hydrogens is 363 g/mol. The number of fused-ring (bicyclic) bond motifs is 1. The number of carbonyl (C=O) groups is 2. The van der Waals surface area contributed by atoms with Gasteiger partial charge in [0.1, 0.15) is 0 Å². The van der Waals surface area contributed by atoms with Crippen molar-refractivity contribution >= 4 is 17.5 Å². The van der Waals surface area contributed by atoms with Gasteiger partial charge in [-0.25, -0.2) is 0 Å². The van der Waals surface area contributed by atoms with E-state index in [1.54, 1.807) is 6.07 Å². The van der Waals surface area contributed by atoms with Gasteiger partial charge in [-0.1, -0.05) is 0 Å². The summed E-state index contributed by atoms with van der Waals surface area (Å²) < 4.78 is 42.9. The van der Waals surface area contributed by atoms with Gasteiger partial charge >= 0.3 is 6.18 Å². The van der Waals surface area contributed by atoms with Gasteiger partial charge in [-0.05, 0) is 30.3 Å². The smallest absolute Gasteiger partial charge is 0.376 e. The highest BCUT2D eigenvalue weighted by Gasteiger charge is 2.30. The fourth-order valence-corrected chi connectivity index (χ4v) is 2.59. The molecule has 0 atom stereocenters. The van der Waals surface area contributed by atoms with E-state index in [4.69, 9.17) is 4.74 Å². The molecule has 0 bridgehead atoms. The number of nitrogens with zero attached hydrogens (tertiary/aromatic N) is 1. The summed E-state index contributed by atoms with van der Waals surface area (Å²) >= 11 is 0. The molecule has 27 heavy (non-hydrogen) atoms. The fraction of sp³-hybridized carbons (Fsp3) is 0.278. The summed E-state index contributed by atoms with van der Waals surface area (Å²) in [4.78, 5) is 28.2. The van der Waals surface area contributed by atoms with Crippen molar-refractivity contribution in [2.45, 2.75) is 19.2 Å². The minimum absolute atomic E-state index is 0.0309. The van der Waals surface area contributed by atoms with Crippen LogP contribution in [0.25, 0.3) is 0 Å². The van der Waals surface area contributed by atoms with Crippen LogP contribution in [0.15, 0.2) is 36.5 Å². The standard InChI is InChI=1S/C18H16F3N3O3/c19-18(20,21)13-3-1-11(2-4-13)17(26)23-9-16(25)24-14-7-12-10-27-6-5-15(12)22-8-14/h1-4,7-8H,5-6,9-10H2,(H,23,26)(H,24,25). The van der Waals surface area contributed by atoms with Crippen LogP contribution in [0.4, 0.5) is 18.9 Å². The molecule has 0 fully saturated rings. The molecule has 2 aromatic rings. The number of pyridine rings is 1. The molecule has 2 N–H and O–H groups in total. The number of ether oxygens (including phenoxy) is 1. The maximum Gasteiger partial charge on any atom is 0.416 e. The molecule has 9 heteroatoms. The fourth-order valence-electron chi connectivity index (χ4n) is 2.59. The van der Waals surface area contributed by atoms with Crippen LogP contribution < -0.4 is 10.6 Å². The zero-order valence-electron chi connectivity index (χ0n) is 14.1. The van der Waals surface area contributed by atoms with Crippen LogP contribution in [0.5, 0.6) is 0 Å². The molecule has 3 rings (SSSR count). The molecule has 1 aliphatic rings. The summed E-state index contributed by atoms with van der Waals surface area (Å²) in [5, 5.41) is 4.97. The molecule has 1 aromatic heterocycles.